The van der Waals surface area contributed by atoms with Crippen LogP contribution in [0.15, 0.2) is 138 Å². The molecule has 331 valence electrons. The fourth-order valence-electron chi connectivity index (χ4n) is 12.7. The average Bonchev–Trinajstić information content (AvgIpc) is 4.04. The molecule has 1 N–H and O–H groups in total. The minimum Gasteiger partial charge on any atom is -0.455 e. The van der Waals surface area contributed by atoms with E-state index in [0.717, 1.165) is 51.9 Å². The van der Waals surface area contributed by atoms with Crippen LogP contribution >= 0.6 is 11.3 Å². The maximum absolute atomic E-state index is 7.39. The number of para-hydroxylation sites is 1. The lowest BCUT2D eigenvalue weighted by Gasteiger charge is -2.42. The molecule has 3 aliphatic rings. The van der Waals surface area contributed by atoms with Gasteiger partial charge in [-0.15, -0.1) is 11.3 Å². The van der Waals surface area contributed by atoms with Crippen LogP contribution in [0, 0.1) is 0 Å². The van der Waals surface area contributed by atoms with Gasteiger partial charge in [-0.1, -0.05) is 141 Å². The van der Waals surface area contributed by atoms with E-state index in [4.69, 9.17) is 4.42 Å². The lowest BCUT2D eigenvalue weighted by molar-refractivity contribution is 0.332. The molecule has 3 nitrogen and oxygen atoms in total. The highest BCUT2D eigenvalue weighted by Crippen LogP contribution is 2.55. The Balaban J connectivity index is 1.16. The minimum absolute atomic E-state index is 0.0407. The van der Waals surface area contributed by atoms with Crippen LogP contribution in [0.1, 0.15) is 103 Å². The summed E-state index contributed by atoms with van der Waals surface area (Å²) >= 11 is 1.89. The SMILES string of the molecule is CC(C)(C)c1ccc(Nc2cc3c(cc2-c2c4c5c(c6cc7c(cc6n5-c5cc6c(cc5[B]4)sc4ccccc46)C(C)(C)CCC7(C)C)c4c2oc2ccccc24)C(C)(C)c2ccccc2-3)cc1. The lowest BCUT2D eigenvalue weighted by atomic mass is 9.58. The van der Waals surface area contributed by atoms with E-state index in [0.29, 0.717) is 0 Å². The minimum atomic E-state index is -0.210. The number of thiophene rings is 1. The molecule has 0 fully saturated rings. The Morgan fingerprint density at radius 3 is 2.09 bits per heavy atom. The van der Waals surface area contributed by atoms with Crippen molar-refractivity contribution in [3.63, 3.8) is 0 Å². The second kappa shape index (κ2) is 13.4. The molecular formula is C63H54BN2OS. The average molecular weight is 898 g/mol. The van der Waals surface area contributed by atoms with E-state index in [-0.39, 0.29) is 21.7 Å². The monoisotopic (exact) mass is 897 g/mol. The highest BCUT2D eigenvalue weighted by atomic mass is 32.1. The van der Waals surface area contributed by atoms with Crippen LogP contribution in [-0.2, 0) is 21.7 Å². The molecule has 0 bridgehead atoms. The summed E-state index contributed by atoms with van der Waals surface area (Å²) in [6.07, 6.45) is 2.31. The summed E-state index contributed by atoms with van der Waals surface area (Å²) < 4.78 is 12.7. The zero-order chi connectivity index (χ0) is 46.4. The summed E-state index contributed by atoms with van der Waals surface area (Å²) in [4.78, 5) is 0. The van der Waals surface area contributed by atoms with Gasteiger partial charge >= 0.3 is 0 Å². The van der Waals surface area contributed by atoms with Gasteiger partial charge in [0.1, 0.15) is 11.2 Å². The first-order valence-corrected chi connectivity index (χ1v) is 25.4. The molecule has 1 radical (unpaired) electrons. The zero-order valence-corrected chi connectivity index (χ0v) is 41.3. The van der Waals surface area contributed by atoms with Crippen LogP contribution in [-0.4, -0.2) is 11.8 Å². The molecule has 3 aromatic heterocycles. The second-order valence-electron chi connectivity index (χ2n) is 23.0. The Kier molecular flexibility index (Phi) is 7.96. The Labute approximate surface area is 403 Å². The third-order valence-electron chi connectivity index (χ3n) is 16.6. The number of anilines is 2. The predicted molar refractivity (Wildman–Crippen MR) is 293 cm³/mol. The quantitative estimate of drug-likeness (QED) is 0.179. The first-order valence-electron chi connectivity index (χ1n) is 24.5. The number of hydrogen-bond acceptors (Lipinski definition) is 3. The molecule has 5 heteroatoms. The van der Waals surface area contributed by atoms with Crippen molar-refractivity contribution >= 4 is 105 Å². The molecule has 11 aromatic rings. The van der Waals surface area contributed by atoms with Crippen LogP contribution in [0.5, 0.6) is 0 Å². The van der Waals surface area contributed by atoms with Gasteiger partial charge in [-0.25, -0.2) is 0 Å². The van der Waals surface area contributed by atoms with Gasteiger partial charge in [-0.2, -0.15) is 0 Å². The number of nitrogens with zero attached hydrogens (tertiary/aromatic N) is 1. The predicted octanol–water partition coefficient (Wildman–Crippen LogP) is 16.4. The van der Waals surface area contributed by atoms with Gasteiger partial charge in [0.15, 0.2) is 7.28 Å². The Hall–Kier alpha value is -6.56. The third-order valence-corrected chi connectivity index (χ3v) is 17.8. The molecular weight excluding hydrogens is 844 g/mol. The van der Waals surface area contributed by atoms with E-state index in [1.54, 1.807) is 0 Å². The highest BCUT2D eigenvalue weighted by molar-refractivity contribution is 7.26. The Bertz CT molecular complexity index is 4030. The molecule has 68 heavy (non-hydrogen) atoms. The molecule has 0 amide bonds. The molecule has 1 aliphatic heterocycles. The summed E-state index contributed by atoms with van der Waals surface area (Å²) in [7, 11) is 2.51. The topological polar surface area (TPSA) is 30.1 Å². The maximum atomic E-state index is 7.39. The van der Waals surface area contributed by atoms with E-state index in [1.807, 2.05) is 11.3 Å². The first kappa shape index (κ1) is 40.5. The molecule has 0 saturated carbocycles. The van der Waals surface area contributed by atoms with Crippen LogP contribution in [0.3, 0.4) is 0 Å². The summed E-state index contributed by atoms with van der Waals surface area (Å²) in [6, 6.07) is 50.8. The van der Waals surface area contributed by atoms with Crippen molar-refractivity contribution in [1.82, 2.24) is 4.57 Å². The van der Waals surface area contributed by atoms with Crippen LogP contribution in [0.4, 0.5) is 11.4 Å². The summed E-state index contributed by atoms with van der Waals surface area (Å²) in [5.41, 5.74) is 21.9. The van der Waals surface area contributed by atoms with Gasteiger partial charge in [-0.05, 0) is 134 Å². The molecule has 0 saturated heterocycles. The Morgan fingerprint density at radius 2 is 1.31 bits per heavy atom. The van der Waals surface area contributed by atoms with Gasteiger partial charge in [0, 0.05) is 80.8 Å². The van der Waals surface area contributed by atoms with Crippen molar-refractivity contribution in [1.29, 1.82) is 0 Å². The first-order chi connectivity index (χ1) is 32.6. The van der Waals surface area contributed by atoms with E-state index in [2.05, 4.69) is 213 Å². The van der Waals surface area contributed by atoms with Gasteiger partial charge in [0.25, 0.3) is 0 Å². The number of benzene rings is 8. The molecule has 14 rings (SSSR count). The molecule has 2 aliphatic carbocycles. The fraction of sp³-hybridized carbons (Fsp3) is 0.238. The smallest absolute Gasteiger partial charge is 0.198 e. The summed E-state index contributed by atoms with van der Waals surface area (Å²) in [5, 5.41) is 11.6. The van der Waals surface area contributed by atoms with E-state index >= 15 is 0 Å². The van der Waals surface area contributed by atoms with Crippen molar-refractivity contribution in [2.45, 2.75) is 96.8 Å². The van der Waals surface area contributed by atoms with Crippen molar-refractivity contribution in [2.24, 2.45) is 0 Å². The lowest BCUT2D eigenvalue weighted by Crippen LogP contribution is -2.37. The largest absolute Gasteiger partial charge is 0.455 e. The van der Waals surface area contributed by atoms with E-state index in [9.17, 15) is 0 Å². The van der Waals surface area contributed by atoms with Crippen LogP contribution in [0.25, 0.3) is 91.9 Å². The maximum Gasteiger partial charge on any atom is 0.198 e. The molecule has 0 spiro atoms. The molecule has 8 aromatic carbocycles. The molecule has 0 atom stereocenters. The zero-order valence-electron chi connectivity index (χ0n) is 40.5. The van der Waals surface area contributed by atoms with Crippen LogP contribution in [0.2, 0.25) is 0 Å². The summed E-state index contributed by atoms with van der Waals surface area (Å²) in [5.74, 6) is 0. The number of aromatic nitrogens is 1. The number of furan rings is 1. The second-order valence-corrected chi connectivity index (χ2v) is 24.1. The number of fused-ring (bicyclic) bond motifs is 16. The van der Waals surface area contributed by atoms with Crippen molar-refractivity contribution in [3.05, 3.63) is 161 Å². The normalized spacial score (nSPS) is 16.4. The van der Waals surface area contributed by atoms with Crippen molar-refractivity contribution < 1.29 is 4.42 Å². The molecule has 0 unspecified atom stereocenters. The third kappa shape index (κ3) is 5.43. The number of hydrogen-bond donors (Lipinski definition) is 1. The van der Waals surface area contributed by atoms with Crippen molar-refractivity contribution in [2.75, 3.05) is 5.32 Å². The fourth-order valence-corrected chi connectivity index (χ4v) is 13.9. The Morgan fingerprint density at radius 1 is 0.603 bits per heavy atom. The molecule has 4 heterocycles. The van der Waals surface area contributed by atoms with Gasteiger partial charge in [-0.3, -0.25) is 0 Å². The number of nitrogens with one attached hydrogen (secondary N) is 1. The summed E-state index contributed by atoms with van der Waals surface area (Å²) in [6.45, 7) is 21.5. The van der Waals surface area contributed by atoms with Gasteiger partial charge in [0.05, 0.1) is 5.52 Å². The highest BCUT2D eigenvalue weighted by Gasteiger charge is 2.41. The number of rotatable bonds is 3. The van der Waals surface area contributed by atoms with Gasteiger partial charge in [0.2, 0.25) is 0 Å². The van der Waals surface area contributed by atoms with Gasteiger partial charge < -0.3 is 14.3 Å². The standard InChI is InChI=1S/C63H54BN2OS/c1-60(2,3)34-22-24-35(25-23-34)65-48-30-39-36-16-10-13-19-43(36)63(8,9)44(39)28-41(48)56-57-58-54(55-38-18-11-14-20-51(38)67-59(55)56)42-29-45-46(62(6,7)27-26-61(45,4)5)32-49(42)66(58)50-31-40-37-17-12-15-21-52(37)68-53(40)33-47(50)64-57/h10-25,28-33,65H,26-27H2,1-9H3. The van der Waals surface area contributed by atoms with E-state index < -0.39 is 0 Å². The van der Waals surface area contributed by atoms with Crippen LogP contribution < -0.4 is 16.2 Å². The van der Waals surface area contributed by atoms with E-state index in [1.165, 1.54) is 103 Å². The van der Waals surface area contributed by atoms with Crippen molar-refractivity contribution in [3.8, 4) is 27.9 Å².